The Kier molecular flexibility index (Phi) is 7.04. The summed E-state index contributed by atoms with van der Waals surface area (Å²) in [6.45, 7) is 1.16. The molecule has 1 saturated heterocycles. The first-order valence-electron chi connectivity index (χ1n) is 9.29. The Morgan fingerprint density at radius 1 is 1.17 bits per heavy atom. The van der Waals surface area contributed by atoms with Crippen molar-refractivity contribution in [1.29, 1.82) is 0 Å². The average Bonchev–Trinajstić information content (AvgIpc) is 3.25. The van der Waals surface area contributed by atoms with Crippen LogP contribution in [0.3, 0.4) is 0 Å². The minimum atomic E-state index is -0.703. The lowest BCUT2D eigenvalue weighted by Gasteiger charge is -2.12. The second-order valence-corrected chi connectivity index (χ2v) is 7.02. The number of anilines is 1. The van der Waals surface area contributed by atoms with E-state index in [2.05, 4.69) is 16.0 Å². The van der Waals surface area contributed by atoms with E-state index < -0.39 is 10.8 Å². The maximum absolute atomic E-state index is 12.3. The minimum Gasteiger partial charge on any atom is -0.376 e. The summed E-state index contributed by atoms with van der Waals surface area (Å²) in [6, 6.07) is 12.2. The molecule has 1 aliphatic heterocycles. The number of nitrogens with zero attached hydrogens (tertiary/aromatic N) is 1. The lowest BCUT2D eigenvalue weighted by molar-refractivity contribution is -0.385. The number of nitro benzene ring substituents is 1. The zero-order valence-electron chi connectivity index (χ0n) is 15.9. The van der Waals surface area contributed by atoms with Gasteiger partial charge in [0.1, 0.15) is 5.56 Å². The number of nitro groups is 1. The normalized spacial score (nSPS) is 15.3. The molecular weight excluding hydrogens is 408 g/mol. The number of nitrogens with one attached hydrogen (secondary N) is 3. The molecule has 1 aliphatic rings. The zero-order chi connectivity index (χ0) is 21.5. The average molecular weight is 428 g/mol. The van der Waals surface area contributed by atoms with Crippen LogP contribution in [0.15, 0.2) is 48.5 Å². The van der Waals surface area contributed by atoms with Crippen LogP contribution in [-0.4, -0.2) is 41.1 Å². The third-order valence-corrected chi connectivity index (χ3v) is 4.67. The van der Waals surface area contributed by atoms with Crippen LogP contribution in [-0.2, 0) is 4.74 Å². The van der Waals surface area contributed by atoms with Crippen molar-refractivity contribution in [2.75, 3.05) is 18.5 Å². The highest BCUT2D eigenvalue weighted by molar-refractivity contribution is 7.80. The van der Waals surface area contributed by atoms with E-state index in [4.69, 9.17) is 17.0 Å². The summed E-state index contributed by atoms with van der Waals surface area (Å²) in [7, 11) is 0. The van der Waals surface area contributed by atoms with Crippen molar-refractivity contribution in [2.24, 2.45) is 0 Å². The van der Waals surface area contributed by atoms with E-state index in [0.717, 1.165) is 19.4 Å². The summed E-state index contributed by atoms with van der Waals surface area (Å²) in [6.07, 6.45) is 1.96. The van der Waals surface area contributed by atoms with Gasteiger partial charge >= 0.3 is 0 Å². The van der Waals surface area contributed by atoms with E-state index in [9.17, 15) is 19.7 Å². The fourth-order valence-corrected chi connectivity index (χ4v) is 3.22. The number of hydrogen-bond donors (Lipinski definition) is 3. The second-order valence-electron chi connectivity index (χ2n) is 6.61. The van der Waals surface area contributed by atoms with Crippen molar-refractivity contribution >= 4 is 40.5 Å². The Morgan fingerprint density at radius 3 is 2.70 bits per heavy atom. The van der Waals surface area contributed by atoms with Crippen LogP contribution in [0.5, 0.6) is 0 Å². The fraction of sp³-hybridized carbons (Fsp3) is 0.250. The number of rotatable bonds is 6. The van der Waals surface area contributed by atoms with Gasteiger partial charge in [0.05, 0.1) is 11.0 Å². The molecule has 0 saturated carbocycles. The van der Waals surface area contributed by atoms with Crippen LogP contribution in [0.25, 0.3) is 0 Å². The van der Waals surface area contributed by atoms with Crippen LogP contribution in [0.2, 0.25) is 0 Å². The summed E-state index contributed by atoms with van der Waals surface area (Å²) < 4.78 is 5.49. The minimum absolute atomic E-state index is 0.0418. The van der Waals surface area contributed by atoms with E-state index in [0.29, 0.717) is 17.8 Å². The lowest BCUT2D eigenvalue weighted by Crippen LogP contribution is -2.34. The molecule has 0 aliphatic carbocycles. The Labute approximate surface area is 178 Å². The third-order valence-electron chi connectivity index (χ3n) is 4.47. The first kappa shape index (κ1) is 21.3. The third kappa shape index (κ3) is 5.58. The number of benzene rings is 2. The largest absolute Gasteiger partial charge is 0.376 e. The van der Waals surface area contributed by atoms with Crippen molar-refractivity contribution in [3.05, 3.63) is 69.8 Å². The quantitative estimate of drug-likeness (QED) is 0.367. The van der Waals surface area contributed by atoms with Gasteiger partial charge in [-0.15, -0.1) is 0 Å². The molecule has 10 heteroatoms. The summed E-state index contributed by atoms with van der Waals surface area (Å²) >= 11 is 5.12. The first-order valence-corrected chi connectivity index (χ1v) is 9.70. The molecule has 1 atom stereocenters. The van der Waals surface area contributed by atoms with Gasteiger partial charge in [-0.2, -0.15) is 0 Å². The van der Waals surface area contributed by atoms with Gasteiger partial charge in [-0.1, -0.05) is 18.2 Å². The van der Waals surface area contributed by atoms with Crippen molar-refractivity contribution in [3.63, 3.8) is 0 Å². The SMILES string of the molecule is O=C(NCC1CCCO1)c1cccc(NC(=S)NC(=O)c2ccccc2[N+](=O)[O-])c1. The predicted octanol–water partition coefficient (Wildman–Crippen LogP) is 2.63. The Balaban J connectivity index is 1.59. The van der Waals surface area contributed by atoms with Crippen molar-refractivity contribution < 1.29 is 19.2 Å². The highest BCUT2D eigenvalue weighted by Gasteiger charge is 2.20. The number of hydrogen-bond acceptors (Lipinski definition) is 6. The lowest BCUT2D eigenvalue weighted by atomic mass is 10.1. The summed E-state index contributed by atoms with van der Waals surface area (Å²) in [5.41, 5.74) is 0.495. The number of para-hydroxylation sites is 1. The zero-order valence-corrected chi connectivity index (χ0v) is 16.7. The molecule has 0 spiro atoms. The van der Waals surface area contributed by atoms with Crippen LogP contribution in [0.1, 0.15) is 33.6 Å². The maximum atomic E-state index is 12.3. The molecule has 1 heterocycles. The van der Waals surface area contributed by atoms with Gasteiger partial charge in [-0.25, -0.2) is 0 Å². The number of amides is 2. The number of carbonyl (C=O) groups is 2. The molecule has 0 bridgehead atoms. The molecule has 2 aromatic carbocycles. The van der Waals surface area contributed by atoms with Gasteiger partial charge in [-0.05, 0) is 49.3 Å². The molecule has 1 fully saturated rings. The van der Waals surface area contributed by atoms with Crippen LogP contribution >= 0.6 is 12.2 Å². The van der Waals surface area contributed by atoms with Gasteiger partial charge in [0.25, 0.3) is 17.5 Å². The molecule has 156 valence electrons. The van der Waals surface area contributed by atoms with Gasteiger partial charge in [0, 0.05) is 30.5 Å². The molecule has 0 aromatic heterocycles. The van der Waals surface area contributed by atoms with E-state index in [1.165, 1.54) is 24.3 Å². The molecule has 3 N–H and O–H groups in total. The van der Waals surface area contributed by atoms with Gasteiger partial charge < -0.3 is 15.4 Å². The Morgan fingerprint density at radius 2 is 1.97 bits per heavy atom. The first-order chi connectivity index (χ1) is 14.4. The molecule has 2 amide bonds. The van der Waals surface area contributed by atoms with E-state index >= 15 is 0 Å². The molecule has 30 heavy (non-hydrogen) atoms. The smallest absolute Gasteiger partial charge is 0.282 e. The predicted molar refractivity (Wildman–Crippen MR) is 115 cm³/mol. The summed E-state index contributed by atoms with van der Waals surface area (Å²) in [5.74, 6) is -0.950. The van der Waals surface area contributed by atoms with Crippen molar-refractivity contribution in [2.45, 2.75) is 18.9 Å². The summed E-state index contributed by atoms with van der Waals surface area (Å²) in [4.78, 5) is 35.1. The molecule has 2 aromatic rings. The molecule has 3 rings (SSSR count). The number of ether oxygens (including phenoxy) is 1. The van der Waals surface area contributed by atoms with Crippen molar-refractivity contribution in [3.8, 4) is 0 Å². The fourth-order valence-electron chi connectivity index (χ4n) is 3.01. The number of thiocarbonyl (C=S) groups is 1. The molecule has 9 nitrogen and oxygen atoms in total. The topological polar surface area (TPSA) is 123 Å². The van der Waals surface area contributed by atoms with Gasteiger partial charge in [0.15, 0.2) is 5.11 Å². The van der Waals surface area contributed by atoms with Crippen LogP contribution in [0.4, 0.5) is 11.4 Å². The standard InChI is InChI=1S/C20H20N4O5S/c25-18(21-12-15-7-4-10-29-15)13-5-3-6-14(11-13)22-20(30)23-19(26)16-8-1-2-9-17(16)24(27)28/h1-3,5-6,8-9,11,15H,4,7,10,12H2,(H,21,25)(H2,22,23,26,30). The second kappa shape index (κ2) is 9.90. The van der Waals surface area contributed by atoms with E-state index in [1.807, 2.05) is 0 Å². The monoisotopic (exact) mass is 428 g/mol. The van der Waals surface area contributed by atoms with Gasteiger partial charge in [-0.3, -0.25) is 25.0 Å². The van der Waals surface area contributed by atoms with Gasteiger partial charge in [0.2, 0.25) is 0 Å². The molecule has 1 unspecified atom stereocenters. The summed E-state index contributed by atoms with van der Waals surface area (Å²) in [5, 5.41) is 19.1. The highest BCUT2D eigenvalue weighted by atomic mass is 32.1. The molecule has 0 radical (unpaired) electrons. The maximum Gasteiger partial charge on any atom is 0.282 e. The van der Waals surface area contributed by atoms with E-state index in [-0.39, 0.29) is 28.4 Å². The van der Waals surface area contributed by atoms with E-state index in [1.54, 1.807) is 24.3 Å². The Hall–Kier alpha value is -3.37. The van der Waals surface area contributed by atoms with Crippen molar-refractivity contribution in [1.82, 2.24) is 10.6 Å². The van der Waals surface area contributed by atoms with Crippen LogP contribution < -0.4 is 16.0 Å². The number of carbonyl (C=O) groups excluding carboxylic acids is 2. The highest BCUT2D eigenvalue weighted by Crippen LogP contribution is 2.17. The van der Waals surface area contributed by atoms with Crippen LogP contribution in [0, 0.1) is 10.1 Å². The molecular formula is C20H20N4O5S. The Bertz CT molecular complexity index is 975.